The van der Waals surface area contributed by atoms with Gasteiger partial charge in [-0.15, -0.1) is 0 Å². The van der Waals surface area contributed by atoms with E-state index in [2.05, 4.69) is 5.32 Å². The molecule has 1 fully saturated rings. The average Bonchev–Trinajstić information content (AvgIpc) is 2.81. The molecule has 3 aromatic carbocycles. The van der Waals surface area contributed by atoms with Gasteiger partial charge >= 0.3 is 0 Å². The van der Waals surface area contributed by atoms with E-state index in [9.17, 15) is 13.2 Å². The Hall–Kier alpha value is -2.67. The number of carbonyl (C=O) groups excluding carboxylic acids is 1. The van der Waals surface area contributed by atoms with Crippen molar-refractivity contribution in [2.75, 3.05) is 18.4 Å². The van der Waals surface area contributed by atoms with E-state index in [0.29, 0.717) is 34.3 Å². The molecule has 31 heavy (non-hydrogen) atoms. The van der Waals surface area contributed by atoms with Crippen LogP contribution in [0.2, 0.25) is 5.02 Å². The molecule has 1 saturated heterocycles. The standard InChI is InChI=1S/C24H23ClN2O3S/c25-21-9-11-22(12-10-21)26-24(28)20-6-4-5-19(17-20)18-7-13-23(14-8-18)31(29,30)27-15-2-1-3-16-27/h4-14,17H,1-3,15-16H2,(H,26,28). The minimum atomic E-state index is -3.46. The summed E-state index contributed by atoms with van der Waals surface area (Å²) in [5.41, 5.74) is 2.86. The van der Waals surface area contributed by atoms with Crippen LogP contribution in [0.25, 0.3) is 11.1 Å². The maximum absolute atomic E-state index is 12.8. The van der Waals surface area contributed by atoms with Crippen molar-refractivity contribution in [2.24, 2.45) is 0 Å². The van der Waals surface area contributed by atoms with E-state index in [1.54, 1.807) is 65.0 Å². The maximum atomic E-state index is 12.8. The summed E-state index contributed by atoms with van der Waals surface area (Å²) in [6, 6.07) is 21.0. The predicted molar refractivity (Wildman–Crippen MR) is 124 cm³/mol. The summed E-state index contributed by atoms with van der Waals surface area (Å²) in [6.45, 7) is 1.16. The number of hydrogen-bond donors (Lipinski definition) is 1. The molecule has 0 atom stereocenters. The Morgan fingerprint density at radius 2 is 1.52 bits per heavy atom. The van der Waals surface area contributed by atoms with E-state index >= 15 is 0 Å². The first-order chi connectivity index (χ1) is 14.9. The van der Waals surface area contributed by atoms with Crippen LogP contribution in [0.1, 0.15) is 29.6 Å². The Bertz CT molecular complexity index is 1170. The monoisotopic (exact) mass is 454 g/mol. The van der Waals surface area contributed by atoms with Crippen LogP contribution >= 0.6 is 11.6 Å². The number of sulfonamides is 1. The lowest BCUT2D eigenvalue weighted by Crippen LogP contribution is -2.35. The van der Waals surface area contributed by atoms with Crippen LogP contribution in [0.5, 0.6) is 0 Å². The molecule has 3 aromatic rings. The summed E-state index contributed by atoms with van der Waals surface area (Å²) in [4.78, 5) is 12.9. The molecular weight excluding hydrogens is 432 g/mol. The molecule has 7 heteroatoms. The summed E-state index contributed by atoms with van der Waals surface area (Å²) < 4.78 is 27.2. The van der Waals surface area contributed by atoms with Crippen molar-refractivity contribution in [2.45, 2.75) is 24.2 Å². The zero-order chi connectivity index (χ0) is 21.8. The number of rotatable bonds is 5. The zero-order valence-corrected chi connectivity index (χ0v) is 18.5. The Labute approximate surface area is 187 Å². The van der Waals surface area contributed by atoms with Crippen LogP contribution in [0.3, 0.4) is 0 Å². The maximum Gasteiger partial charge on any atom is 0.255 e. The number of nitrogens with one attached hydrogen (secondary N) is 1. The van der Waals surface area contributed by atoms with Gasteiger partial charge in [0, 0.05) is 29.4 Å². The third-order valence-electron chi connectivity index (χ3n) is 5.37. The molecule has 0 spiro atoms. The van der Waals surface area contributed by atoms with E-state index in [4.69, 9.17) is 11.6 Å². The Balaban J connectivity index is 1.52. The molecule has 1 N–H and O–H groups in total. The molecule has 0 bridgehead atoms. The summed E-state index contributed by atoms with van der Waals surface area (Å²) in [6.07, 6.45) is 2.89. The van der Waals surface area contributed by atoms with E-state index in [0.717, 1.165) is 30.4 Å². The second-order valence-electron chi connectivity index (χ2n) is 7.53. The largest absolute Gasteiger partial charge is 0.322 e. The third kappa shape index (κ3) is 4.98. The predicted octanol–water partition coefficient (Wildman–Crippen LogP) is 5.43. The van der Waals surface area contributed by atoms with Gasteiger partial charge in [0.2, 0.25) is 10.0 Å². The second kappa shape index (κ2) is 9.22. The lowest BCUT2D eigenvalue weighted by Gasteiger charge is -2.25. The van der Waals surface area contributed by atoms with Crippen LogP contribution < -0.4 is 5.32 Å². The molecule has 0 saturated carbocycles. The number of benzene rings is 3. The molecule has 160 valence electrons. The molecule has 5 nitrogen and oxygen atoms in total. The smallest absolute Gasteiger partial charge is 0.255 e. The van der Waals surface area contributed by atoms with Gasteiger partial charge in [-0.25, -0.2) is 8.42 Å². The summed E-state index contributed by atoms with van der Waals surface area (Å²) in [5.74, 6) is -0.228. The lowest BCUT2D eigenvalue weighted by atomic mass is 10.0. The fraction of sp³-hybridized carbons (Fsp3) is 0.208. The molecule has 0 aliphatic carbocycles. The van der Waals surface area contributed by atoms with Crippen LogP contribution in [-0.4, -0.2) is 31.7 Å². The molecule has 1 heterocycles. The van der Waals surface area contributed by atoms with Crippen molar-refractivity contribution in [3.63, 3.8) is 0 Å². The zero-order valence-electron chi connectivity index (χ0n) is 16.9. The van der Waals surface area contributed by atoms with Crippen molar-refractivity contribution < 1.29 is 13.2 Å². The van der Waals surface area contributed by atoms with E-state index < -0.39 is 10.0 Å². The van der Waals surface area contributed by atoms with Crippen LogP contribution in [0.15, 0.2) is 77.7 Å². The molecular formula is C24H23ClN2O3S. The van der Waals surface area contributed by atoms with Gasteiger partial charge in [0.15, 0.2) is 0 Å². The van der Waals surface area contributed by atoms with Crippen LogP contribution in [0.4, 0.5) is 5.69 Å². The number of nitrogens with zero attached hydrogens (tertiary/aromatic N) is 1. The lowest BCUT2D eigenvalue weighted by molar-refractivity contribution is 0.102. The van der Waals surface area contributed by atoms with Gasteiger partial charge < -0.3 is 5.32 Å². The normalized spacial score (nSPS) is 14.9. The summed E-state index contributed by atoms with van der Waals surface area (Å²) >= 11 is 5.88. The quantitative estimate of drug-likeness (QED) is 0.558. The van der Waals surface area contributed by atoms with Crippen LogP contribution in [0, 0.1) is 0 Å². The van der Waals surface area contributed by atoms with Gasteiger partial charge in [-0.05, 0) is 72.5 Å². The van der Waals surface area contributed by atoms with E-state index in [1.807, 2.05) is 12.1 Å². The number of hydrogen-bond acceptors (Lipinski definition) is 3. The van der Waals surface area contributed by atoms with Gasteiger partial charge in [-0.1, -0.05) is 42.3 Å². The van der Waals surface area contributed by atoms with Crippen LogP contribution in [-0.2, 0) is 10.0 Å². The first-order valence-electron chi connectivity index (χ1n) is 10.2. The number of halogens is 1. The van der Waals surface area contributed by atoms with Crippen molar-refractivity contribution in [1.82, 2.24) is 4.31 Å². The highest BCUT2D eigenvalue weighted by atomic mass is 35.5. The summed E-state index contributed by atoms with van der Waals surface area (Å²) in [7, 11) is -3.46. The first-order valence-corrected chi connectivity index (χ1v) is 12.0. The molecule has 4 rings (SSSR count). The van der Waals surface area contributed by atoms with Gasteiger partial charge in [0.25, 0.3) is 5.91 Å². The van der Waals surface area contributed by atoms with Crippen molar-refractivity contribution in [3.05, 3.63) is 83.4 Å². The minimum Gasteiger partial charge on any atom is -0.322 e. The number of piperidine rings is 1. The first kappa shape index (κ1) is 21.6. The molecule has 0 radical (unpaired) electrons. The molecule has 1 aliphatic heterocycles. The minimum absolute atomic E-state index is 0.228. The van der Waals surface area contributed by atoms with Crippen molar-refractivity contribution >= 4 is 33.2 Å². The Kier molecular flexibility index (Phi) is 6.41. The topological polar surface area (TPSA) is 66.5 Å². The molecule has 1 amide bonds. The van der Waals surface area contributed by atoms with E-state index in [-0.39, 0.29) is 5.91 Å². The average molecular weight is 455 g/mol. The second-order valence-corrected chi connectivity index (χ2v) is 9.91. The third-order valence-corrected chi connectivity index (χ3v) is 7.53. The van der Waals surface area contributed by atoms with Crippen molar-refractivity contribution in [3.8, 4) is 11.1 Å². The Morgan fingerprint density at radius 1 is 0.839 bits per heavy atom. The number of carbonyl (C=O) groups is 1. The highest BCUT2D eigenvalue weighted by molar-refractivity contribution is 7.89. The fourth-order valence-electron chi connectivity index (χ4n) is 3.65. The molecule has 0 unspecified atom stereocenters. The van der Waals surface area contributed by atoms with E-state index in [1.165, 1.54) is 0 Å². The number of anilines is 1. The SMILES string of the molecule is O=C(Nc1ccc(Cl)cc1)c1cccc(-c2ccc(S(=O)(=O)N3CCCCC3)cc2)c1. The van der Waals surface area contributed by atoms with Gasteiger partial charge in [-0.2, -0.15) is 4.31 Å². The van der Waals surface area contributed by atoms with Gasteiger partial charge in [-0.3, -0.25) is 4.79 Å². The van der Waals surface area contributed by atoms with Crippen molar-refractivity contribution in [1.29, 1.82) is 0 Å². The fourth-order valence-corrected chi connectivity index (χ4v) is 5.29. The molecule has 0 aromatic heterocycles. The summed E-state index contributed by atoms with van der Waals surface area (Å²) in [5, 5.41) is 3.45. The van der Waals surface area contributed by atoms with Gasteiger partial charge in [0.1, 0.15) is 0 Å². The highest BCUT2D eigenvalue weighted by Gasteiger charge is 2.25. The highest BCUT2D eigenvalue weighted by Crippen LogP contribution is 2.26. The molecule has 1 aliphatic rings. The Morgan fingerprint density at radius 3 is 2.19 bits per heavy atom. The number of amides is 1. The van der Waals surface area contributed by atoms with Gasteiger partial charge in [0.05, 0.1) is 4.90 Å².